The normalized spacial score (nSPS) is 19.3. The molecular formula is C20H18FN7O2. The summed E-state index contributed by atoms with van der Waals surface area (Å²) >= 11 is 0. The van der Waals surface area contributed by atoms with Crippen molar-refractivity contribution in [3.8, 4) is 0 Å². The van der Waals surface area contributed by atoms with Gasteiger partial charge < -0.3 is 9.42 Å². The molecule has 152 valence electrons. The van der Waals surface area contributed by atoms with E-state index in [2.05, 4.69) is 30.1 Å². The van der Waals surface area contributed by atoms with Crippen LogP contribution in [0.25, 0.3) is 10.9 Å². The molecule has 0 aromatic carbocycles. The van der Waals surface area contributed by atoms with E-state index in [1.165, 1.54) is 35.9 Å². The van der Waals surface area contributed by atoms with Gasteiger partial charge in [-0.1, -0.05) is 5.16 Å². The van der Waals surface area contributed by atoms with E-state index in [4.69, 9.17) is 4.52 Å². The molecule has 4 aromatic rings. The van der Waals surface area contributed by atoms with E-state index in [1.807, 2.05) is 6.07 Å². The minimum Gasteiger partial charge on any atom is -0.371 e. The average Bonchev–Trinajstić information content (AvgIpc) is 3.14. The quantitative estimate of drug-likeness (QED) is 0.475. The van der Waals surface area contributed by atoms with E-state index < -0.39 is 0 Å². The van der Waals surface area contributed by atoms with Crippen LogP contribution in [0.1, 0.15) is 12.3 Å². The Morgan fingerprint density at radius 3 is 2.77 bits per heavy atom. The van der Waals surface area contributed by atoms with Gasteiger partial charge in [0.25, 0.3) is 5.56 Å². The Bertz CT molecular complexity index is 1220. The maximum absolute atomic E-state index is 12.8. The van der Waals surface area contributed by atoms with Crippen LogP contribution in [0.3, 0.4) is 0 Å². The van der Waals surface area contributed by atoms with Crippen molar-refractivity contribution in [2.24, 2.45) is 11.8 Å². The van der Waals surface area contributed by atoms with Gasteiger partial charge in [-0.15, -0.1) is 0 Å². The summed E-state index contributed by atoms with van der Waals surface area (Å²) in [5.41, 5.74) is 1.33. The van der Waals surface area contributed by atoms with Crippen molar-refractivity contribution in [3.63, 3.8) is 0 Å². The predicted octanol–water partition coefficient (Wildman–Crippen LogP) is 1.90. The molecule has 5 heterocycles. The van der Waals surface area contributed by atoms with Crippen LogP contribution in [-0.4, -0.2) is 43.0 Å². The fraction of sp³-hybridized carbons (Fsp3) is 0.300. The van der Waals surface area contributed by atoms with Crippen LogP contribution in [-0.2, 0) is 6.54 Å². The Balaban J connectivity index is 0.000000133. The standard InChI is InChI=1S/C10H11FN2.C10H7N5O2/c11-10-4-9(1-2-12-10)13-5-7-3-8(7)6-13;16-10-7-2-1-3-11-8(7)4-13-15(10)5-9-12-6-14-17-9/h1-2,4,7-8H,3,5-6H2;1-4,6H,5H2. The molecule has 6 rings (SSSR count). The summed E-state index contributed by atoms with van der Waals surface area (Å²) < 4.78 is 18.9. The van der Waals surface area contributed by atoms with Crippen molar-refractivity contribution in [1.29, 1.82) is 0 Å². The lowest BCUT2D eigenvalue weighted by Crippen LogP contribution is -2.23. The van der Waals surface area contributed by atoms with Gasteiger partial charge in [0.1, 0.15) is 6.54 Å². The Morgan fingerprint density at radius 2 is 2.00 bits per heavy atom. The second-order valence-electron chi connectivity index (χ2n) is 7.38. The van der Waals surface area contributed by atoms with E-state index in [0.29, 0.717) is 16.8 Å². The molecule has 1 saturated carbocycles. The smallest absolute Gasteiger partial charge is 0.276 e. The number of halogens is 1. The Hall–Kier alpha value is -3.69. The van der Waals surface area contributed by atoms with Gasteiger partial charge >= 0.3 is 0 Å². The maximum atomic E-state index is 12.8. The van der Waals surface area contributed by atoms with Crippen LogP contribution in [0.2, 0.25) is 0 Å². The zero-order valence-electron chi connectivity index (χ0n) is 15.9. The molecule has 0 N–H and O–H groups in total. The fourth-order valence-electron chi connectivity index (χ4n) is 3.72. The average molecular weight is 407 g/mol. The lowest BCUT2D eigenvalue weighted by atomic mass is 10.3. The first kappa shape index (κ1) is 18.3. The van der Waals surface area contributed by atoms with Crippen LogP contribution in [0.5, 0.6) is 0 Å². The molecule has 0 radical (unpaired) electrons. The first-order valence-corrected chi connectivity index (χ1v) is 9.60. The second-order valence-corrected chi connectivity index (χ2v) is 7.38. The molecule has 0 amide bonds. The minimum absolute atomic E-state index is 0.156. The van der Waals surface area contributed by atoms with E-state index >= 15 is 0 Å². The molecule has 2 unspecified atom stereocenters. The summed E-state index contributed by atoms with van der Waals surface area (Å²) in [5, 5.41) is 7.98. The fourth-order valence-corrected chi connectivity index (χ4v) is 3.72. The molecular weight excluding hydrogens is 389 g/mol. The molecule has 2 atom stereocenters. The molecule has 2 aliphatic rings. The molecule has 0 spiro atoms. The van der Waals surface area contributed by atoms with Gasteiger partial charge in [0.15, 0.2) is 6.33 Å². The zero-order valence-corrected chi connectivity index (χ0v) is 15.9. The third kappa shape index (κ3) is 3.76. The number of aromatic nitrogens is 6. The highest BCUT2D eigenvalue weighted by Crippen LogP contribution is 2.46. The molecule has 1 aliphatic heterocycles. The van der Waals surface area contributed by atoms with Crippen molar-refractivity contribution in [2.75, 3.05) is 18.0 Å². The van der Waals surface area contributed by atoms with Crippen molar-refractivity contribution >= 4 is 16.6 Å². The molecule has 1 aliphatic carbocycles. The first-order valence-electron chi connectivity index (χ1n) is 9.60. The maximum Gasteiger partial charge on any atom is 0.276 e. The van der Waals surface area contributed by atoms with Crippen LogP contribution in [0.15, 0.2) is 58.5 Å². The predicted molar refractivity (Wildman–Crippen MR) is 105 cm³/mol. The van der Waals surface area contributed by atoms with Crippen molar-refractivity contribution < 1.29 is 8.91 Å². The van der Waals surface area contributed by atoms with E-state index in [1.54, 1.807) is 18.3 Å². The SMILES string of the molecule is Fc1cc(N2CC3CC3C2)ccn1.O=c1c2cccnc2cnn1Cc1ncno1. The number of piperidine rings is 1. The highest BCUT2D eigenvalue weighted by atomic mass is 19.1. The van der Waals surface area contributed by atoms with Crippen LogP contribution < -0.4 is 10.5 Å². The molecule has 0 bridgehead atoms. The van der Waals surface area contributed by atoms with Gasteiger partial charge in [-0.25, -0.2) is 9.67 Å². The summed E-state index contributed by atoms with van der Waals surface area (Å²) in [6.07, 6.45) is 7.35. The van der Waals surface area contributed by atoms with Gasteiger partial charge in [0.2, 0.25) is 11.8 Å². The topological polar surface area (TPSA) is 103 Å². The summed E-state index contributed by atoms with van der Waals surface area (Å²) in [4.78, 5) is 25.7. The Kier molecular flexibility index (Phi) is 4.66. The number of fused-ring (bicyclic) bond motifs is 2. The minimum atomic E-state index is -0.377. The monoisotopic (exact) mass is 407 g/mol. The van der Waals surface area contributed by atoms with Crippen molar-refractivity contribution in [3.05, 3.63) is 71.4 Å². The van der Waals surface area contributed by atoms with E-state index in [-0.39, 0.29) is 18.1 Å². The molecule has 10 heteroatoms. The lowest BCUT2D eigenvalue weighted by molar-refractivity contribution is 0.362. The number of rotatable bonds is 3. The van der Waals surface area contributed by atoms with Gasteiger partial charge in [-0.05, 0) is 36.5 Å². The van der Waals surface area contributed by atoms with Crippen LogP contribution in [0, 0.1) is 17.8 Å². The third-order valence-corrected chi connectivity index (χ3v) is 5.37. The van der Waals surface area contributed by atoms with E-state index in [9.17, 15) is 9.18 Å². The summed E-state index contributed by atoms with van der Waals surface area (Å²) in [6.45, 7) is 2.37. The van der Waals surface area contributed by atoms with Gasteiger partial charge in [-0.2, -0.15) is 14.5 Å². The molecule has 1 saturated heterocycles. The second kappa shape index (κ2) is 7.62. The van der Waals surface area contributed by atoms with Gasteiger partial charge in [0, 0.05) is 37.2 Å². The highest BCUT2D eigenvalue weighted by molar-refractivity contribution is 5.75. The largest absolute Gasteiger partial charge is 0.371 e. The van der Waals surface area contributed by atoms with Crippen LogP contribution in [0.4, 0.5) is 10.1 Å². The Morgan fingerprint density at radius 1 is 1.13 bits per heavy atom. The van der Waals surface area contributed by atoms with Gasteiger partial charge in [0.05, 0.1) is 17.1 Å². The lowest BCUT2D eigenvalue weighted by Gasteiger charge is -2.19. The summed E-state index contributed by atoms with van der Waals surface area (Å²) in [6, 6.07) is 6.82. The van der Waals surface area contributed by atoms with E-state index in [0.717, 1.165) is 30.6 Å². The molecule has 9 nitrogen and oxygen atoms in total. The number of nitrogens with zero attached hydrogens (tertiary/aromatic N) is 7. The molecule has 2 fully saturated rings. The Labute approximate surface area is 170 Å². The van der Waals surface area contributed by atoms with Crippen LogP contribution >= 0.6 is 0 Å². The highest BCUT2D eigenvalue weighted by Gasteiger charge is 2.45. The first-order chi connectivity index (χ1) is 14.7. The van der Waals surface area contributed by atoms with Crippen molar-refractivity contribution in [1.82, 2.24) is 29.9 Å². The van der Waals surface area contributed by atoms with Crippen molar-refractivity contribution in [2.45, 2.75) is 13.0 Å². The van der Waals surface area contributed by atoms with Gasteiger partial charge in [-0.3, -0.25) is 9.78 Å². The number of hydrogen-bond acceptors (Lipinski definition) is 8. The summed E-state index contributed by atoms with van der Waals surface area (Å²) in [7, 11) is 0. The summed E-state index contributed by atoms with van der Waals surface area (Å²) in [5.74, 6) is 1.73. The molecule has 4 aromatic heterocycles. The zero-order chi connectivity index (χ0) is 20.5. The third-order valence-electron chi connectivity index (χ3n) is 5.37. The number of anilines is 1. The number of pyridine rings is 2. The number of hydrogen-bond donors (Lipinski definition) is 0. The molecule has 30 heavy (non-hydrogen) atoms.